The Hall–Kier alpha value is -2.48. The van der Waals surface area contributed by atoms with Gasteiger partial charge in [-0.1, -0.05) is 36.4 Å². The lowest BCUT2D eigenvalue weighted by Gasteiger charge is -2.19. The van der Waals surface area contributed by atoms with E-state index in [2.05, 4.69) is 5.32 Å². The molecule has 0 heterocycles. The van der Waals surface area contributed by atoms with Crippen molar-refractivity contribution in [3.63, 3.8) is 0 Å². The Balaban J connectivity index is 2.40. The van der Waals surface area contributed by atoms with Crippen LogP contribution in [0, 0.1) is 18.3 Å². The molecule has 0 fully saturated rings. The number of aryl methyl sites for hydroxylation is 1. The van der Waals surface area contributed by atoms with Crippen LogP contribution < -0.4 is 5.32 Å². The van der Waals surface area contributed by atoms with Gasteiger partial charge < -0.3 is 5.32 Å². The van der Waals surface area contributed by atoms with Crippen molar-refractivity contribution in [1.29, 1.82) is 5.26 Å². The zero-order valence-corrected chi connectivity index (χ0v) is 11.3. The van der Waals surface area contributed by atoms with Crippen LogP contribution in [0.25, 0.3) is 0 Å². The number of benzene rings is 2. The summed E-state index contributed by atoms with van der Waals surface area (Å²) in [5.41, 5.74) is 0.636. The van der Waals surface area contributed by atoms with Crippen molar-refractivity contribution in [3.8, 4) is 6.07 Å². The summed E-state index contributed by atoms with van der Waals surface area (Å²) in [4.78, 5) is 0. The molecule has 0 aromatic heterocycles. The summed E-state index contributed by atoms with van der Waals surface area (Å²) in [6.07, 6.45) is -4.49. The quantitative estimate of drug-likeness (QED) is 0.890. The molecule has 0 saturated carbocycles. The molecule has 0 aliphatic heterocycles. The van der Waals surface area contributed by atoms with E-state index in [1.54, 1.807) is 12.1 Å². The maximum Gasteiger partial charge on any atom is 0.416 e. The number of anilines is 1. The Morgan fingerprint density at radius 1 is 1.05 bits per heavy atom. The minimum atomic E-state index is -4.49. The predicted molar refractivity (Wildman–Crippen MR) is 74.6 cm³/mol. The standard InChI is InChI=1S/C16H13F3N2/c1-11-6-2-5-9-14(11)21-15(10-20)12-7-3-4-8-13(12)16(17,18)19/h2-9,15,21H,1H3. The number of hydrogen-bond acceptors (Lipinski definition) is 2. The highest BCUT2D eigenvalue weighted by Gasteiger charge is 2.35. The van der Waals surface area contributed by atoms with Crippen molar-refractivity contribution in [2.24, 2.45) is 0 Å². The average Bonchev–Trinajstić information content (AvgIpc) is 2.45. The van der Waals surface area contributed by atoms with Gasteiger partial charge in [0.25, 0.3) is 0 Å². The number of nitrogens with zero attached hydrogens (tertiary/aromatic N) is 1. The molecule has 1 N–H and O–H groups in total. The number of nitrogens with one attached hydrogen (secondary N) is 1. The minimum Gasteiger partial charge on any atom is -0.366 e. The smallest absolute Gasteiger partial charge is 0.366 e. The van der Waals surface area contributed by atoms with Crippen molar-refractivity contribution in [1.82, 2.24) is 0 Å². The maximum atomic E-state index is 13.0. The van der Waals surface area contributed by atoms with Crippen molar-refractivity contribution in [2.45, 2.75) is 19.1 Å². The molecular formula is C16H13F3N2. The van der Waals surface area contributed by atoms with Crippen LogP contribution in [0.3, 0.4) is 0 Å². The zero-order valence-electron chi connectivity index (χ0n) is 11.3. The van der Waals surface area contributed by atoms with Gasteiger partial charge in [-0.05, 0) is 24.6 Å². The Morgan fingerprint density at radius 3 is 2.29 bits per heavy atom. The molecule has 0 saturated heterocycles. The van der Waals surface area contributed by atoms with Gasteiger partial charge in [-0.2, -0.15) is 18.4 Å². The van der Waals surface area contributed by atoms with Gasteiger partial charge in [-0.3, -0.25) is 0 Å². The molecule has 108 valence electrons. The van der Waals surface area contributed by atoms with E-state index in [4.69, 9.17) is 0 Å². The number of alkyl halides is 3. The fourth-order valence-corrected chi connectivity index (χ4v) is 2.08. The van der Waals surface area contributed by atoms with Gasteiger partial charge in [0, 0.05) is 11.3 Å². The van der Waals surface area contributed by atoms with Crippen LogP contribution in [0.15, 0.2) is 48.5 Å². The summed E-state index contributed by atoms with van der Waals surface area (Å²) in [5.74, 6) is 0. The molecule has 0 aliphatic carbocycles. The molecule has 1 unspecified atom stereocenters. The maximum absolute atomic E-state index is 13.0. The lowest BCUT2D eigenvalue weighted by atomic mass is 10.00. The molecule has 2 rings (SSSR count). The van der Waals surface area contributed by atoms with E-state index in [-0.39, 0.29) is 5.56 Å². The van der Waals surface area contributed by atoms with Crippen LogP contribution >= 0.6 is 0 Å². The second-order valence-corrected chi connectivity index (χ2v) is 4.61. The average molecular weight is 290 g/mol. The zero-order chi connectivity index (χ0) is 15.5. The Kier molecular flexibility index (Phi) is 4.18. The first kappa shape index (κ1) is 14.9. The van der Waals surface area contributed by atoms with E-state index in [0.717, 1.165) is 11.6 Å². The van der Waals surface area contributed by atoms with Gasteiger partial charge in [-0.15, -0.1) is 0 Å². The molecule has 0 amide bonds. The highest BCUT2D eigenvalue weighted by molar-refractivity contribution is 5.54. The van der Waals surface area contributed by atoms with E-state index in [1.807, 2.05) is 25.1 Å². The molecule has 2 aromatic rings. The molecule has 5 heteroatoms. The minimum absolute atomic E-state index is 0.0734. The van der Waals surface area contributed by atoms with Gasteiger partial charge in [0.05, 0.1) is 11.6 Å². The first-order valence-corrected chi connectivity index (χ1v) is 6.31. The van der Waals surface area contributed by atoms with Crippen molar-refractivity contribution in [3.05, 3.63) is 65.2 Å². The number of hydrogen-bond donors (Lipinski definition) is 1. The SMILES string of the molecule is Cc1ccccc1NC(C#N)c1ccccc1C(F)(F)F. The van der Waals surface area contributed by atoms with E-state index in [1.165, 1.54) is 18.2 Å². The van der Waals surface area contributed by atoms with Crippen LogP contribution in [-0.2, 0) is 6.18 Å². The van der Waals surface area contributed by atoms with E-state index in [9.17, 15) is 18.4 Å². The molecular weight excluding hydrogens is 277 g/mol. The van der Waals surface area contributed by atoms with Gasteiger partial charge in [0.2, 0.25) is 0 Å². The monoisotopic (exact) mass is 290 g/mol. The van der Waals surface area contributed by atoms with Crippen molar-refractivity contribution in [2.75, 3.05) is 5.32 Å². The van der Waals surface area contributed by atoms with Crippen LogP contribution in [0.5, 0.6) is 0 Å². The normalized spacial score (nSPS) is 12.5. The van der Waals surface area contributed by atoms with Gasteiger partial charge in [0.1, 0.15) is 6.04 Å². The fraction of sp³-hybridized carbons (Fsp3) is 0.188. The largest absolute Gasteiger partial charge is 0.416 e. The summed E-state index contributed by atoms with van der Waals surface area (Å²) in [6.45, 7) is 1.83. The van der Waals surface area contributed by atoms with E-state index >= 15 is 0 Å². The highest BCUT2D eigenvalue weighted by atomic mass is 19.4. The van der Waals surface area contributed by atoms with Crippen LogP contribution in [0.1, 0.15) is 22.7 Å². The summed E-state index contributed by atoms with van der Waals surface area (Å²) >= 11 is 0. The molecule has 0 radical (unpaired) electrons. The van der Waals surface area contributed by atoms with Crippen molar-refractivity contribution >= 4 is 5.69 Å². The molecule has 0 aliphatic rings. The molecule has 1 atom stereocenters. The number of para-hydroxylation sites is 1. The lowest BCUT2D eigenvalue weighted by molar-refractivity contribution is -0.138. The second-order valence-electron chi connectivity index (χ2n) is 4.61. The topological polar surface area (TPSA) is 35.8 Å². The molecule has 21 heavy (non-hydrogen) atoms. The molecule has 0 spiro atoms. The summed E-state index contributed by atoms with van der Waals surface area (Å²) < 4.78 is 39.1. The fourth-order valence-electron chi connectivity index (χ4n) is 2.08. The first-order valence-electron chi connectivity index (χ1n) is 6.31. The van der Waals surface area contributed by atoms with Gasteiger partial charge in [0.15, 0.2) is 0 Å². The summed E-state index contributed by atoms with van der Waals surface area (Å²) in [5, 5.41) is 12.1. The third kappa shape index (κ3) is 3.34. The number of halogens is 3. The Morgan fingerprint density at radius 2 is 1.67 bits per heavy atom. The number of nitriles is 1. The van der Waals surface area contributed by atoms with Gasteiger partial charge >= 0.3 is 6.18 Å². The molecule has 0 bridgehead atoms. The van der Waals surface area contributed by atoms with Crippen LogP contribution in [-0.4, -0.2) is 0 Å². The Labute approximate surface area is 120 Å². The number of rotatable bonds is 3. The Bertz CT molecular complexity index is 672. The van der Waals surface area contributed by atoms with E-state index < -0.39 is 17.8 Å². The third-order valence-electron chi connectivity index (χ3n) is 3.15. The first-order chi connectivity index (χ1) is 9.93. The lowest BCUT2D eigenvalue weighted by Crippen LogP contribution is -2.16. The summed E-state index contributed by atoms with van der Waals surface area (Å²) in [6, 6.07) is 13.1. The second kappa shape index (κ2) is 5.88. The van der Waals surface area contributed by atoms with Crippen LogP contribution in [0.2, 0.25) is 0 Å². The molecule has 2 aromatic carbocycles. The molecule has 2 nitrogen and oxygen atoms in total. The van der Waals surface area contributed by atoms with E-state index in [0.29, 0.717) is 5.69 Å². The van der Waals surface area contributed by atoms with Crippen molar-refractivity contribution < 1.29 is 13.2 Å². The van der Waals surface area contributed by atoms with Crippen LogP contribution in [0.4, 0.5) is 18.9 Å². The summed E-state index contributed by atoms with van der Waals surface area (Å²) in [7, 11) is 0. The van der Waals surface area contributed by atoms with Gasteiger partial charge in [-0.25, -0.2) is 0 Å². The predicted octanol–water partition coefficient (Wildman–Crippen LogP) is 4.69. The highest BCUT2D eigenvalue weighted by Crippen LogP contribution is 2.35. The third-order valence-corrected chi connectivity index (χ3v) is 3.15.